The van der Waals surface area contributed by atoms with E-state index in [1.807, 2.05) is 60.7 Å². The first-order chi connectivity index (χ1) is 17.5. The largest absolute Gasteiger partial charge is 0.346 e. The second-order valence-corrected chi connectivity index (χ2v) is 9.41. The number of hydrogen-bond donors (Lipinski definition) is 1. The van der Waals surface area contributed by atoms with Crippen LogP contribution in [0, 0.1) is 0 Å². The molecular formula is C28H34N4O4. The van der Waals surface area contributed by atoms with Crippen molar-refractivity contribution >= 4 is 23.6 Å². The van der Waals surface area contributed by atoms with Crippen LogP contribution in [0.15, 0.2) is 60.7 Å². The Labute approximate surface area is 212 Å². The molecule has 1 atom stereocenters. The van der Waals surface area contributed by atoms with E-state index >= 15 is 0 Å². The lowest BCUT2D eigenvalue weighted by atomic mass is 10.0. The Hall–Kier alpha value is -3.68. The number of carbonyl (C=O) groups is 4. The zero-order valence-electron chi connectivity index (χ0n) is 20.6. The molecular weight excluding hydrogens is 456 g/mol. The molecule has 0 bridgehead atoms. The monoisotopic (exact) mass is 490 g/mol. The van der Waals surface area contributed by atoms with E-state index in [9.17, 15) is 19.2 Å². The topological polar surface area (TPSA) is 90.0 Å². The molecule has 2 aromatic carbocycles. The van der Waals surface area contributed by atoms with E-state index in [-0.39, 0.29) is 6.04 Å². The molecule has 8 nitrogen and oxygen atoms in total. The molecule has 2 aromatic rings. The smallest absolute Gasteiger partial charge is 0.312 e. The van der Waals surface area contributed by atoms with Crippen molar-refractivity contribution < 1.29 is 19.2 Å². The van der Waals surface area contributed by atoms with Crippen molar-refractivity contribution in [2.24, 2.45) is 0 Å². The predicted molar refractivity (Wildman–Crippen MR) is 136 cm³/mol. The van der Waals surface area contributed by atoms with Crippen molar-refractivity contribution in [3.63, 3.8) is 0 Å². The first-order valence-electron chi connectivity index (χ1n) is 12.8. The Morgan fingerprint density at radius 2 is 1.22 bits per heavy atom. The van der Waals surface area contributed by atoms with E-state index in [4.69, 9.17) is 0 Å². The third kappa shape index (κ3) is 6.50. The van der Waals surface area contributed by atoms with Gasteiger partial charge in [0.15, 0.2) is 0 Å². The van der Waals surface area contributed by atoms with Gasteiger partial charge in [-0.1, -0.05) is 60.7 Å². The summed E-state index contributed by atoms with van der Waals surface area (Å²) in [6.45, 7) is 3.10. The summed E-state index contributed by atoms with van der Waals surface area (Å²) in [5, 5.41) is 2.70. The number of piperazine rings is 2. The quantitative estimate of drug-likeness (QED) is 0.383. The average Bonchev–Trinajstić information content (AvgIpc) is 2.91. The van der Waals surface area contributed by atoms with Crippen molar-refractivity contribution in [3.05, 3.63) is 71.8 Å². The number of rotatable bonds is 11. The third-order valence-electron chi connectivity index (χ3n) is 7.00. The zero-order valence-corrected chi connectivity index (χ0v) is 20.6. The Balaban J connectivity index is 1.21. The number of unbranched alkanes of at least 4 members (excludes halogenated alkanes) is 1. The summed E-state index contributed by atoms with van der Waals surface area (Å²) >= 11 is 0. The molecule has 0 spiro atoms. The molecule has 2 fully saturated rings. The van der Waals surface area contributed by atoms with E-state index in [1.54, 1.807) is 14.7 Å². The van der Waals surface area contributed by atoms with Crippen LogP contribution >= 0.6 is 0 Å². The van der Waals surface area contributed by atoms with Gasteiger partial charge in [0.2, 0.25) is 0 Å². The molecule has 4 rings (SSSR count). The second-order valence-electron chi connectivity index (χ2n) is 9.41. The van der Waals surface area contributed by atoms with E-state index in [1.165, 1.54) is 0 Å². The zero-order chi connectivity index (χ0) is 25.3. The van der Waals surface area contributed by atoms with Gasteiger partial charge >= 0.3 is 23.6 Å². The van der Waals surface area contributed by atoms with E-state index < -0.39 is 23.6 Å². The second kappa shape index (κ2) is 12.3. The summed E-state index contributed by atoms with van der Waals surface area (Å²) in [4.78, 5) is 54.6. The first-order valence-corrected chi connectivity index (χ1v) is 12.8. The molecule has 0 saturated carbocycles. The predicted octanol–water partition coefficient (Wildman–Crippen LogP) is 1.64. The number of carbonyl (C=O) groups excluding carboxylic acids is 4. The Morgan fingerprint density at radius 1 is 0.667 bits per heavy atom. The minimum atomic E-state index is -0.548. The van der Waals surface area contributed by atoms with Crippen LogP contribution in [0.2, 0.25) is 0 Å². The summed E-state index contributed by atoms with van der Waals surface area (Å²) < 4.78 is 0. The average molecular weight is 491 g/mol. The maximum atomic E-state index is 12.6. The maximum Gasteiger partial charge on any atom is 0.312 e. The SMILES string of the molecule is O=C1NC[C@H](CCCCN2CCN(CCc3ccccc3)C(=O)C2=O)N(CCc2ccccc2)C1=O. The standard InChI is InChI=1S/C28H34N4O4/c33-25-26(34)32(18-15-23-11-5-2-6-12-23)24(21-29-25)13-7-8-16-30-19-20-31(28(36)27(30)35)17-14-22-9-3-1-4-10-22/h1-6,9-12,24H,7-8,13-21H2,(H,29,33)/t24-/m0/s1. The fourth-order valence-electron chi connectivity index (χ4n) is 4.86. The number of amides is 4. The van der Waals surface area contributed by atoms with Crippen molar-refractivity contribution in [1.29, 1.82) is 0 Å². The highest BCUT2D eigenvalue weighted by atomic mass is 16.2. The molecule has 1 N–H and O–H groups in total. The van der Waals surface area contributed by atoms with Crippen molar-refractivity contribution in [2.75, 3.05) is 39.3 Å². The van der Waals surface area contributed by atoms with Crippen LogP contribution in [0.5, 0.6) is 0 Å². The van der Waals surface area contributed by atoms with Gasteiger partial charge in [-0.15, -0.1) is 0 Å². The molecule has 2 aliphatic rings. The lowest BCUT2D eigenvalue weighted by molar-refractivity contribution is -0.156. The van der Waals surface area contributed by atoms with E-state index in [0.717, 1.165) is 36.8 Å². The molecule has 0 radical (unpaired) electrons. The van der Waals surface area contributed by atoms with Crippen LogP contribution in [0.3, 0.4) is 0 Å². The van der Waals surface area contributed by atoms with Crippen LogP contribution in [0.25, 0.3) is 0 Å². The van der Waals surface area contributed by atoms with Gasteiger partial charge in [-0.25, -0.2) is 0 Å². The minimum Gasteiger partial charge on any atom is -0.346 e. The maximum absolute atomic E-state index is 12.6. The fraction of sp³-hybridized carbons (Fsp3) is 0.429. The molecule has 2 heterocycles. The van der Waals surface area contributed by atoms with Crippen molar-refractivity contribution in [1.82, 2.24) is 20.0 Å². The normalized spacial score (nSPS) is 18.6. The van der Waals surface area contributed by atoms with Crippen LogP contribution in [0.4, 0.5) is 0 Å². The number of benzene rings is 2. The molecule has 36 heavy (non-hydrogen) atoms. The fourth-order valence-corrected chi connectivity index (χ4v) is 4.86. The van der Waals surface area contributed by atoms with E-state index in [0.29, 0.717) is 45.7 Å². The van der Waals surface area contributed by atoms with Gasteiger partial charge in [-0.2, -0.15) is 0 Å². The molecule has 0 aromatic heterocycles. The summed E-state index contributed by atoms with van der Waals surface area (Å²) in [7, 11) is 0. The molecule has 0 aliphatic carbocycles. The van der Waals surface area contributed by atoms with Crippen LogP contribution < -0.4 is 5.32 Å². The van der Waals surface area contributed by atoms with Crippen LogP contribution in [-0.2, 0) is 32.0 Å². The molecule has 0 unspecified atom stereocenters. The lowest BCUT2D eigenvalue weighted by Gasteiger charge is -2.36. The van der Waals surface area contributed by atoms with Gasteiger partial charge in [-0.3, -0.25) is 19.2 Å². The molecule has 190 valence electrons. The molecule has 2 saturated heterocycles. The van der Waals surface area contributed by atoms with E-state index in [2.05, 4.69) is 5.32 Å². The van der Waals surface area contributed by atoms with Gasteiger partial charge in [0, 0.05) is 45.3 Å². The summed E-state index contributed by atoms with van der Waals surface area (Å²) in [6, 6.07) is 19.8. The summed E-state index contributed by atoms with van der Waals surface area (Å²) in [5.41, 5.74) is 2.27. The number of hydrogen-bond acceptors (Lipinski definition) is 4. The molecule has 8 heteroatoms. The van der Waals surface area contributed by atoms with Crippen molar-refractivity contribution in [2.45, 2.75) is 38.1 Å². The summed E-state index contributed by atoms with van der Waals surface area (Å²) in [6.07, 6.45) is 3.71. The molecule has 4 amide bonds. The van der Waals surface area contributed by atoms with Crippen molar-refractivity contribution in [3.8, 4) is 0 Å². The number of nitrogens with one attached hydrogen (secondary N) is 1. The highest BCUT2D eigenvalue weighted by molar-refractivity contribution is 6.36. The highest BCUT2D eigenvalue weighted by Gasteiger charge is 2.34. The van der Waals surface area contributed by atoms with Crippen LogP contribution in [-0.4, -0.2) is 83.6 Å². The van der Waals surface area contributed by atoms with Gasteiger partial charge in [0.05, 0.1) is 0 Å². The van der Waals surface area contributed by atoms with Gasteiger partial charge < -0.3 is 20.0 Å². The number of nitrogens with zero attached hydrogens (tertiary/aromatic N) is 3. The van der Waals surface area contributed by atoms with Gasteiger partial charge in [0.1, 0.15) is 0 Å². The van der Waals surface area contributed by atoms with Gasteiger partial charge in [0.25, 0.3) is 0 Å². The third-order valence-corrected chi connectivity index (χ3v) is 7.00. The Bertz CT molecular complexity index is 1060. The van der Waals surface area contributed by atoms with Gasteiger partial charge in [-0.05, 0) is 43.2 Å². The van der Waals surface area contributed by atoms with Crippen LogP contribution in [0.1, 0.15) is 30.4 Å². The lowest BCUT2D eigenvalue weighted by Crippen LogP contribution is -2.58. The Morgan fingerprint density at radius 3 is 1.83 bits per heavy atom. The summed E-state index contributed by atoms with van der Waals surface area (Å²) in [5.74, 6) is -1.88. The highest BCUT2D eigenvalue weighted by Crippen LogP contribution is 2.16. The Kier molecular flexibility index (Phi) is 8.71. The molecule has 2 aliphatic heterocycles. The minimum absolute atomic E-state index is 0.0638. The first kappa shape index (κ1) is 25.4.